The summed E-state index contributed by atoms with van der Waals surface area (Å²) in [5, 5.41) is 8.88. The fraction of sp³-hybridized carbons (Fsp3) is 0.444. The summed E-state index contributed by atoms with van der Waals surface area (Å²) in [6.45, 7) is 5.62. The first-order chi connectivity index (χ1) is 11.3. The van der Waals surface area contributed by atoms with E-state index in [2.05, 4.69) is 0 Å². The van der Waals surface area contributed by atoms with Crippen LogP contribution in [0.2, 0.25) is 0 Å². The Morgan fingerprint density at radius 3 is 2.79 bits per heavy atom. The summed E-state index contributed by atoms with van der Waals surface area (Å²) in [5.41, 5.74) is 9.27. The third-order valence-corrected chi connectivity index (χ3v) is 4.53. The maximum absolute atomic E-state index is 12.1. The number of esters is 1. The fourth-order valence-corrected chi connectivity index (χ4v) is 2.97. The van der Waals surface area contributed by atoms with Gasteiger partial charge in [-0.2, -0.15) is 0 Å². The lowest BCUT2D eigenvalue weighted by molar-refractivity contribution is -0.137. The number of ether oxygens (including phenoxy) is 2. The van der Waals surface area contributed by atoms with E-state index in [9.17, 15) is 9.59 Å². The van der Waals surface area contributed by atoms with Crippen molar-refractivity contribution in [2.45, 2.75) is 39.7 Å². The highest BCUT2D eigenvalue weighted by Gasteiger charge is 2.35. The van der Waals surface area contributed by atoms with Crippen molar-refractivity contribution in [1.29, 1.82) is 0 Å². The first kappa shape index (κ1) is 17.8. The molecule has 0 fully saturated rings. The molecule has 0 radical (unpaired) electrons. The highest BCUT2D eigenvalue weighted by atomic mass is 16.5. The second kappa shape index (κ2) is 6.95. The van der Waals surface area contributed by atoms with E-state index in [1.165, 1.54) is 0 Å². The van der Waals surface area contributed by atoms with Crippen LogP contribution in [0, 0.1) is 12.8 Å². The van der Waals surface area contributed by atoms with Crippen LogP contribution in [0.15, 0.2) is 17.7 Å². The highest BCUT2D eigenvalue weighted by Crippen LogP contribution is 2.42. The van der Waals surface area contributed by atoms with E-state index in [4.69, 9.17) is 20.3 Å². The minimum atomic E-state index is -0.832. The molecule has 24 heavy (non-hydrogen) atoms. The van der Waals surface area contributed by atoms with Crippen molar-refractivity contribution in [3.05, 3.63) is 34.4 Å². The van der Waals surface area contributed by atoms with Crippen LogP contribution in [0.4, 0.5) is 5.69 Å². The predicted octanol–water partition coefficient (Wildman–Crippen LogP) is 3.24. The van der Waals surface area contributed by atoms with Crippen LogP contribution in [0.1, 0.15) is 54.3 Å². The summed E-state index contributed by atoms with van der Waals surface area (Å²) < 4.78 is 10.8. The lowest BCUT2D eigenvalue weighted by Gasteiger charge is -2.15. The van der Waals surface area contributed by atoms with Gasteiger partial charge < -0.3 is 20.3 Å². The fourth-order valence-electron chi connectivity index (χ4n) is 2.97. The Labute approximate surface area is 141 Å². The molecule has 0 saturated carbocycles. The molecular weight excluding hydrogens is 310 g/mol. The second-order valence-electron chi connectivity index (χ2n) is 6.16. The number of carbonyl (C=O) groups is 2. The van der Waals surface area contributed by atoms with Crippen LogP contribution in [0.3, 0.4) is 0 Å². The Morgan fingerprint density at radius 1 is 1.54 bits per heavy atom. The molecule has 1 aromatic rings. The predicted molar refractivity (Wildman–Crippen MR) is 90.1 cm³/mol. The smallest absolute Gasteiger partial charge is 0.341 e. The maximum Gasteiger partial charge on any atom is 0.341 e. The molecule has 6 heteroatoms. The van der Waals surface area contributed by atoms with Crippen molar-refractivity contribution in [3.63, 3.8) is 0 Å². The molecule has 1 aromatic carbocycles. The van der Waals surface area contributed by atoms with E-state index in [0.29, 0.717) is 23.4 Å². The number of benzene rings is 1. The molecule has 0 aliphatic carbocycles. The molecule has 0 saturated heterocycles. The van der Waals surface area contributed by atoms with Crippen molar-refractivity contribution in [1.82, 2.24) is 0 Å². The zero-order chi connectivity index (χ0) is 18.0. The number of anilines is 1. The Kier molecular flexibility index (Phi) is 5.17. The van der Waals surface area contributed by atoms with E-state index >= 15 is 0 Å². The first-order valence-corrected chi connectivity index (χ1v) is 7.82. The molecule has 2 atom stereocenters. The summed E-state index contributed by atoms with van der Waals surface area (Å²) in [4.78, 5) is 22.9. The van der Waals surface area contributed by atoms with Gasteiger partial charge in [0.1, 0.15) is 11.9 Å². The molecule has 1 heterocycles. The SMILES string of the molecule is COc1cc(N)c2c(c1C)C(CC=C(C)C(C)CC(=O)O)OC2=O. The van der Waals surface area contributed by atoms with E-state index in [1.54, 1.807) is 13.2 Å². The average molecular weight is 333 g/mol. The van der Waals surface area contributed by atoms with E-state index in [1.807, 2.05) is 26.8 Å². The number of hydrogen-bond acceptors (Lipinski definition) is 5. The third kappa shape index (κ3) is 3.37. The van der Waals surface area contributed by atoms with Crippen molar-refractivity contribution in [2.75, 3.05) is 12.8 Å². The molecule has 0 bridgehead atoms. The van der Waals surface area contributed by atoms with E-state index in [-0.39, 0.29) is 12.3 Å². The van der Waals surface area contributed by atoms with Gasteiger partial charge in [-0.05, 0) is 25.3 Å². The number of carboxylic acid groups (broad SMARTS) is 1. The number of carbonyl (C=O) groups excluding carboxylic acids is 1. The molecular formula is C18H23NO5. The van der Waals surface area contributed by atoms with Gasteiger partial charge >= 0.3 is 11.9 Å². The standard InChI is InChI=1S/C18H23NO5/c1-9(10(2)7-15(20)21)5-6-13-16-11(3)14(23-4)8-12(19)17(16)18(22)24-13/h5,8,10,13H,6-7,19H2,1-4H3,(H,20,21). The van der Waals surface area contributed by atoms with Crippen LogP contribution in [-0.2, 0) is 9.53 Å². The lowest BCUT2D eigenvalue weighted by Crippen LogP contribution is -2.06. The summed E-state index contributed by atoms with van der Waals surface area (Å²) in [5.74, 6) is -0.714. The molecule has 6 nitrogen and oxygen atoms in total. The van der Waals surface area contributed by atoms with Crippen LogP contribution in [0.25, 0.3) is 0 Å². The molecule has 2 rings (SSSR count). The highest BCUT2D eigenvalue weighted by molar-refractivity contribution is 6.00. The van der Waals surface area contributed by atoms with Crippen LogP contribution >= 0.6 is 0 Å². The van der Waals surface area contributed by atoms with Gasteiger partial charge in [-0.25, -0.2) is 4.79 Å². The van der Waals surface area contributed by atoms with Crippen molar-refractivity contribution >= 4 is 17.6 Å². The number of rotatable bonds is 6. The largest absolute Gasteiger partial charge is 0.496 e. The van der Waals surface area contributed by atoms with E-state index < -0.39 is 18.0 Å². The zero-order valence-corrected chi connectivity index (χ0v) is 14.4. The van der Waals surface area contributed by atoms with Gasteiger partial charge in [0.15, 0.2) is 0 Å². The Bertz CT molecular complexity index is 708. The van der Waals surface area contributed by atoms with Gasteiger partial charge in [-0.1, -0.05) is 18.6 Å². The first-order valence-electron chi connectivity index (χ1n) is 7.82. The molecule has 0 amide bonds. The van der Waals surface area contributed by atoms with Gasteiger partial charge in [0, 0.05) is 18.1 Å². The van der Waals surface area contributed by atoms with Gasteiger partial charge in [0.05, 0.1) is 24.8 Å². The summed E-state index contributed by atoms with van der Waals surface area (Å²) in [6, 6.07) is 1.63. The molecule has 130 valence electrons. The molecule has 2 unspecified atom stereocenters. The summed E-state index contributed by atoms with van der Waals surface area (Å²) >= 11 is 0. The van der Waals surface area contributed by atoms with Crippen LogP contribution in [0.5, 0.6) is 5.75 Å². The van der Waals surface area contributed by atoms with Crippen molar-refractivity contribution in [3.8, 4) is 5.75 Å². The number of cyclic esters (lactones) is 1. The lowest BCUT2D eigenvalue weighted by atomic mass is 9.93. The zero-order valence-electron chi connectivity index (χ0n) is 14.4. The molecule has 1 aliphatic heterocycles. The maximum atomic E-state index is 12.1. The van der Waals surface area contributed by atoms with E-state index in [0.717, 1.165) is 16.7 Å². The Morgan fingerprint density at radius 2 is 2.21 bits per heavy atom. The van der Waals surface area contributed by atoms with Crippen molar-refractivity contribution in [2.24, 2.45) is 5.92 Å². The topological polar surface area (TPSA) is 98.8 Å². The molecule has 0 aromatic heterocycles. The number of methoxy groups -OCH3 is 1. The molecule has 1 aliphatic rings. The van der Waals surface area contributed by atoms with Crippen LogP contribution in [-0.4, -0.2) is 24.2 Å². The minimum Gasteiger partial charge on any atom is -0.496 e. The number of hydrogen-bond donors (Lipinski definition) is 2. The quantitative estimate of drug-likeness (QED) is 0.471. The summed E-state index contributed by atoms with van der Waals surface area (Å²) in [6.07, 6.45) is 2.04. The number of aliphatic carboxylic acids is 1. The molecule has 3 N–H and O–H groups in total. The third-order valence-electron chi connectivity index (χ3n) is 4.53. The van der Waals surface area contributed by atoms with Crippen LogP contribution < -0.4 is 10.5 Å². The number of fused-ring (bicyclic) bond motifs is 1. The summed E-state index contributed by atoms with van der Waals surface area (Å²) in [7, 11) is 1.55. The average Bonchev–Trinajstić information content (AvgIpc) is 2.85. The van der Waals surface area contributed by atoms with Gasteiger partial charge in [0.25, 0.3) is 0 Å². The number of nitrogen functional groups attached to an aromatic ring is 1. The van der Waals surface area contributed by atoms with Crippen molar-refractivity contribution < 1.29 is 24.2 Å². The number of nitrogens with two attached hydrogens (primary N) is 1. The minimum absolute atomic E-state index is 0.0726. The monoisotopic (exact) mass is 333 g/mol. The Hall–Kier alpha value is -2.50. The molecule has 0 spiro atoms. The van der Waals surface area contributed by atoms with Gasteiger partial charge in [-0.3, -0.25) is 4.79 Å². The Balaban J connectivity index is 2.29. The van der Waals surface area contributed by atoms with Gasteiger partial charge in [0.2, 0.25) is 0 Å². The number of allylic oxidation sites excluding steroid dienone is 1. The normalized spacial score (nSPS) is 18.1. The van der Waals surface area contributed by atoms with Gasteiger partial charge in [-0.15, -0.1) is 0 Å². The second-order valence-corrected chi connectivity index (χ2v) is 6.16. The number of carboxylic acids is 1.